The number of hydrogen-bond donors (Lipinski definition) is 0. The Morgan fingerprint density at radius 3 is 2.67 bits per heavy atom. The van der Waals surface area contributed by atoms with E-state index in [1.54, 1.807) is 11.0 Å². The van der Waals surface area contributed by atoms with Gasteiger partial charge >= 0.3 is 0 Å². The number of aryl methyl sites for hydroxylation is 1. The zero-order chi connectivity index (χ0) is 19.4. The first-order chi connectivity index (χ1) is 13.0. The van der Waals surface area contributed by atoms with Crippen molar-refractivity contribution in [3.63, 3.8) is 0 Å². The molecule has 0 radical (unpaired) electrons. The molecule has 5 nitrogen and oxygen atoms in total. The molecule has 2 heterocycles. The maximum atomic E-state index is 12.9. The summed E-state index contributed by atoms with van der Waals surface area (Å²) in [5.74, 6) is -0.159. The molecule has 1 amide bonds. The molecule has 146 valence electrons. The van der Waals surface area contributed by atoms with Crippen molar-refractivity contribution in [2.24, 2.45) is 0 Å². The minimum Gasteiger partial charge on any atom is -0.376 e. The quantitative estimate of drug-likeness (QED) is 0.583. The molecule has 1 atom stereocenters. The zero-order valence-electron chi connectivity index (χ0n) is 16.8. The summed E-state index contributed by atoms with van der Waals surface area (Å²) in [4.78, 5) is 14.6. The first-order valence-corrected chi connectivity index (χ1v) is 10.2. The Labute approximate surface area is 162 Å². The summed E-state index contributed by atoms with van der Waals surface area (Å²) in [7, 11) is 1.84. The molecular weight excluding hydrogens is 338 g/mol. The number of nitrogens with zero attached hydrogens (tertiary/aromatic N) is 3. The highest BCUT2D eigenvalue weighted by atomic mass is 16.5. The van der Waals surface area contributed by atoms with Crippen LogP contribution in [0.25, 0.3) is 6.08 Å². The van der Waals surface area contributed by atoms with Crippen LogP contribution in [0.1, 0.15) is 61.9 Å². The first-order valence-electron chi connectivity index (χ1n) is 10.2. The van der Waals surface area contributed by atoms with Crippen LogP contribution in [0, 0.1) is 25.2 Å². The molecule has 1 aliphatic carbocycles. The second-order valence-electron chi connectivity index (χ2n) is 7.95. The van der Waals surface area contributed by atoms with Gasteiger partial charge in [0, 0.05) is 37.6 Å². The third-order valence-electron chi connectivity index (χ3n) is 6.12. The lowest BCUT2D eigenvalue weighted by Crippen LogP contribution is -2.38. The number of amides is 1. The third-order valence-corrected chi connectivity index (χ3v) is 6.12. The van der Waals surface area contributed by atoms with E-state index in [0.717, 1.165) is 68.6 Å². The second-order valence-corrected chi connectivity index (χ2v) is 7.95. The van der Waals surface area contributed by atoms with Gasteiger partial charge in [-0.15, -0.1) is 0 Å². The van der Waals surface area contributed by atoms with Crippen LogP contribution in [-0.4, -0.2) is 41.2 Å². The molecule has 5 heteroatoms. The van der Waals surface area contributed by atoms with Crippen molar-refractivity contribution >= 4 is 12.0 Å². The van der Waals surface area contributed by atoms with Crippen LogP contribution in [0.2, 0.25) is 0 Å². The van der Waals surface area contributed by atoms with Gasteiger partial charge in [0.25, 0.3) is 5.91 Å². The summed E-state index contributed by atoms with van der Waals surface area (Å²) in [6.45, 7) is 5.81. The molecule has 0 aromatic carbocycles. The molecule has 1 aromatic rings. The zero-order valence-corrected chi connectivity index (χ0v) is 16.8. The summed E-state index contributed by atoms with van der Waals surface area (Å²) in [6.07, 6.45) is 9.89. The summed E-state index contributed by atoms with van der Waals surface area (Å²) in [5, 5.41) is 9.61. The van der Waals surface area contributed by atoms with Crippen LogP contribution < -0.4 is 0 Å². The Balaban J connectivity index is 1.78. The fraction of sp³-hybridized carbons (Fsp3) is 0.636. The fourth-order valence-corrected chi connectivity index (χ4v) is 4.37. The predicted octanol–water partition coefficient (Wildman–Crippen LogP) is 3.98. The molecule has 1 saturated heterocycles. The topological polar surface area (TPSA) is 58.3 Å². The standard InChI is InChI=1S/C22H31N3O2/c1-16-12-18(17(2)25(16)15-21-10-7-11-27-21)13-19(14-23)22(26)24(3)20-8-5-4-6-9-20/h12-13,20-21H,4-11,15H2,1-3H3. The van der Waals surface area contributed by atoms with Gasteiger partial charge in [0.05, 0.1) is 6.10 Å². The number of likely N-dealkylation sites (N-methyl/N-ethyl adjacent to an activating group) is 1. The lowest BCUT2D eigenvalue weighted by molar-refractivity contribution is -0.127. The summed E-state index contributed by atoms with van der Waals surface area (Å²) >= 11 is 0. The highest BCUT2D eigenvalue weighted by molar-refractivity contribution is 6.01. The highest BCUT2D eigenvalue weighted by Crippen LogP contribution is 2.25. The van der Waals surface area contributed by atoms with Crippen molar-refractivity contribution in [3.8, 4) is 6.07 Å². The number of ether oxygens (including phenoxy) is 1. The summed E-state index contributed by atoms with van der Waals surface area (Å²) in [6, 6.07) is 4.46. The number of nitriles is 1. The van der Waals surface area contributed by atoms with Crippen LogP contribution in [0.3, 0.4) is 0 Å². The third kappa shape index (κ3) is 4.44. The van der Waals surface area contributed by atoms with Gasteiger partial charge in [0.1, 0.15) is 11.6 Å². The van der Waals surface area contributed by atoms with Crippen molar-refractivity contribution in [1.82, 2.24) is 9.47 Å². The Hall–Kier alpha value is -2.06. The molecular formula is C22H31N3O2. The van der Waals surface area contributed by atoms with Crippen molar-refractivity contribution in [1.29, 1.82) is 5.26 Å². The minimum atomic E-state index is -0.159. The Morgan fingerprint density at radius 2 is 2.04 bits per heavy atom. The molecule has 2 aliphatic rings. The molecule has 1 aromatic heterocycles. The molecule has 1 unspecified atom stereocenters. The van der Waals surface area contributed by atoms with Gasteiger partial charge in [-0.25, -0.2) is 0 Å². The van der Waals surface area contributed by atoms with E-state index in [1.807, 2.05) is 7.05 Å². The lowest BCUT2D eigenvalue weighted by atomic mass is 9.94. The van der Waals surface area contributed by atoms with E-state index >= 15 is 0 Å². The van der Waals surface area contributed by atoms with E-state index in [0.29, 0.717) is 0 Å². The molecule has 0 spiro atoms. The highest BCUT2D eigenvalue weighted by Gasteiger charge is 2.25. The fourth-order valence-electron chi connectivity index (χ4n) is 4.37. The van der Waals surface area contributed by atoms with E-state index in [-0.39, 0.29) is 23.6 Å². The average molecular weight is 370 g/mol. The Bertz CT molecular complexity index is 744. The van der Waals surface area contributed by atoms with Crippen LogP contribution >= 0.6 is 0 Å². The van der Waals surface area contributed by atoms with E-state index in [4.69, 9.17) is 4.74 Å². The Kier molecular flexibility index (Phi) is 6.38. The molecule has 1 saturated carbocycles. The SMILES string of the molecule is Cc1cc(C=C(C#N)C(=O)N(C)C2CCCCC2)c(C)n1CC1CCCO1. The van der Waals surface area contributed by atoms with Crippen molar-refractivity contribution < 1.29 is 9.53 Å². The largest absolute Gasteiger partial charge is 0.376 e. The first kappa shape index (κ1) is 19.7. The van der Waals surface area contributed by atoms with Crippen LogP contribution in [-0.2, 0) is 16.1 Å². The van der Waals surface area contributed by atoms with Crippen molar-refractivity contribution in [2.45, 2.75) is 77.5 Å². The monoisotopic (exact) mass is 369 g/mol. The lowest BCUT2D eigenvalue weighted by Gasteiger charge is -2.31. The number of carbonyl (C=O) groups is 1. The van der Waals surface area contributed by atoms with E-state index < -0.39 is 0 Å². The van der Waals surface area contributed by atoms with Gasteiger partial charge in [-0.2, -0.15) is 5.26 Å². The van der Waals surface area contributed by atoms with E-state index in [9.17, 15) is 10.1 Å². The van der Waals surface area contributed by atoms with Gasteiger partial charge in [0.2, 0.25) is 0 Å². The van der Waals surface area contributed by atoms with Crippen molar-refractivity contribution in [3.05, 3.63) is 28.6 Å². The molecule has 1 aliphatic heterocycles. The van der Waals surface area contributed by atoms with Crippen LogP contribution in [0.5, 0.6) is 0 Å². The van der Waals surface area contributed by atoms with Gasteiger partial charge in [0.15, 0.2) is 0 Å². The minimum absolute atomic E-state index is 0.159. The van der Waals surface area contributed by atoms with Crippen molar-refractivity contribution in [2.75, 3.05) is 13.7 Å². The molecule has 3 rings (SSSR count). The van der Waals surface area contributed by atoms with E-state index in [2.05, 4.69) is 30.6 Å². The maximum absolute atomic E-state index is 12.9. The Morgan fingerprint density at radius 1 is 1.30 bits per heavy atom. The molecule has 2 fully saturated rings. The molecule has 0 bridgehead atoms. The number of carbonyl (C=O) groups excluding carboxylic acids is 1. The normalized spacial score (nSPS) is 21.3. The van der Waals surface area contributed by atoms with Gasteiger partial charge in [-0.05, 0) is 57.2 Å². The van der Waals surface area contributed by atoms with Gasteiger partial charge in [-0.3, -0.25) is 4.79 Å². The number of rotatable bonds is 5. The molecule has 27 heavy (non-hydrogen) atoms. The second kappa shape index (κ2) is 8.75. The van der Waals surface area contributed by atoms with E-state index in [1.165, 1.54) is 6.42 Å². The molecule has 0 N–H and O–H groups in total. The van der Waals surface area contributed by atoms with Gasteiger partial charge in [-0.1, -0.05) is 19.3 Å². The maximum Gasteiger partial charge on any atom is 0.264 e. The number of hydrogen-bond acceptors (Lipinski definition) is 3. The predicted molar refractivity (Wildman–Crippen MR) is 106 cm³/mol. The van der Waals surface area contributed by atoms with Crippen LogP contribution in [0.15, 0.2) is 11.6 Å². The van der Waals surface area contributed by atoms with Gasteiger partial charge < -0.3 is 14.2 Å². The summed E-state index contributed by atoms with van der Waals surface area (Å²) < 4.78 is 8.01. The van der Waals surface area contributed by atoms with Crippen LogP contribution in [0.4, 0.5) is 0 Å². The average Bonchev–Trinajstić information content (AvgIpc) is 3.29. The summed E-state index contributed by atoms with van der Waals surface area (Å²) in [5.41, 5.74) is 3.40. The smallest absolute Gasteiger partial charge is 0.264 e. The number of aromatic nitrogens is 1.